The fourth-order valence-electron chi connectivity index (χ4n) is 0. The van der Waals surface area contributed by atoms with Crippen LogP contribution in [0.2, 0.25) is 0 Å². The maximum atomic E-state index is 9.75. The van der Waals surface area contributed by atoms with Gasteiger partial charge in [-0.2, -0.15) is 8.42 Å². The zero-order valence-corrected chi connectivity index (χ0v) is 5.58. The van der Waals surface area contributed by atoms with Crippen molar-refractivity contribution in [3.05, 3.63) is 0 Å². The van der Waals surface area contributed by atoms with E-state index in [1.807, 2.05) is 0 Å². The highest BCUT2D eigenvalue weighted by molar-refractivity contribution is 7.85. The number of hydrogen-bond donors (Lipinski definition) is 1. The summed E-state index contributed by atoms with van der Waals surface area (Å²) in [5, 5.41) is 0. The smallest absolute Gasteiger partial charge is 0.418 e. The van der Waals surface area contributed by atoms with Crippen LogP contribution < -0.4 is 0 Å². The standard InChI is InChI=1S/CH4O3S.BF4/c1-5(2,3)4;2-1(3,4)5/h1H3,(H,2,3,4);/q;-1/p+1. The first-order valence-corrected chi connectivity index (χ1v) is 3.65. The molecule has 9 heteroatoms. The van der Waals surface area contributed by atoms with Gasteiger partial charge >= 0.3 is 8.68 Å². The summed E-state index contributed by atoms with van der Waals surface area (Å²) >= 11 is 0. The molecule has 3 nitrogen and oxygen atoms in total. The summed E-state index contributed by atoms with van der Waals surface area (Å²) in [5.74, 6) is 0. The van der Waals surface area contributed by atoms with Crippen molar-refractivity contribution in [1.82, 2.24) is 0 Å². The van der Waals surface area contributed by atoms with Gasteiger partial charge in [0.2, 0.25) is 0 Å². The molecule has 0 rings (SSSR count). The molecule has 0 spiro atoms. The maximum Gasteiger partial charge on any atom is 1.00 e. The Balaban J connectivity index is -0.000000107. The summed E-state index contributed by atoms with van der Waals surface area (Å²) < 4.78 is 64.9. The highest BCUT2D eigenvalue weighted by Crippen LogP contribution is 2.06. The van der Waals surface area contributed by atoms with Crippen molar-refractivity contribution in [2.24, 2.45) is 0 Å². The lowest BCUT2D eigenvalue weighted by Crippen LogP contribution is -2.02. The lowest BCUT2D eigenvalue weighted by molar-refractivity contribution is 0.368. The van der Waals surface area contributed by atoms with Gasteiger partial charge in [0.15, 0.2) is 0 Å². The van der Waals surface area contributed by atoms with E-state index in [0.29, 0.717) is 6.26 Å². The van der Waals surface area contributed by atoms with Gasteiger partial charge in [0.25, 0.3) is 10.1 Å². The Bertz CT molecular complexity index is 160. The fourth-order valence-corrected chi connectivity index (χ4v) is 0. The summed E-state index contributed by atoms with van der Waals surface area (Å²) in [4.78, 5) is 0. The second kappa shape index (κ2) is 3.76. The normalized spacial score (nSPS) is 11.8. The van der Waals surface area contributed by atoms with E-state index in [-0.39, 0.29) is 1.43 Å². The highest BCUT2D eigenvalue weighted by atomic mass is 32.2. The van der Waals surface area contributed by atoms with E-state index in [4.69, 9.17) is 4.55 Å². The molecule has 0 bridgehead atoms. The fraction of sp³-hybridized carbons (Fsp3) is 1.00. The van der Waals surface area contributed by atoms with Crippen LogP contribution in [0.25, 0.3) is 0 Å². The molecule has 0 aliphatic heterocycles. The first-order chi connectivity index (χ1) is 4.00. The maximum absolute atomic E-state index is 9.75. The minimum Gasteiger partial charge on any atom is -0.418 e. The molecule has 0 aliphatic carbocycles. The Morgan fingerprint density at radius 1 is 1.30 bits per heavy atom. The monoisotopic (exact) mass is 184 g/mol. The molecule has 10 heavy (non-hydrogen) atoms. The Labute approximate surface area is 56.4 Å². The molecule has 1 N–H and O–H groups in total. The molecule has 0 aromatic carbocycles. The average Bonchev–Trinajstić information content (AvgIpc) is 1.12. The Morgan fingerprint density at radius 3 is 1.30 bits per heavy atom. The van der Waals surface area contributed by atoms with Gasteiger partial charge in [-0.05, 0) is 0 Å². The van der Waals surface area contributed by atoms with Crippen LogP contribution in [0.4, 0.5) is 17.3 Å². The number of halogens is 4. The number of hydrogen-bond acceptors (Lipinski definition) is 2. The van der Waals surface area contributed by atoms with E-state index in [1.54, 1.807) is 0 Å². The average molecular weight is 184 g/mol. The largest absolute Gasteiger partial charge is 1.00 e. The highest BCUT2D eigenvalue weighted by Gasteiger charge is 2.20. The van der Waals surface area contributed by atoms with Gasteiger partial charge in [-0.25, -0.2) is 0 Å². The molecule has 64 valence electrons. The van der Waals surface area contributed by atoms with Crippen LogP contribution in [0, 0.1) is 0 Å². The molecule has 0 unspecified atom stereocenters. The van der Waals surface area contributed by atoms with E-state index < -0.39 is 17.4 Å². The van der Waals surface area contributed by atoms with Crippen molar-refractivity contribution in [3.63, 3.8) is 0 Å². The van der Waals surface area contributed by atoms with Crippen molar-refractivity contribution in [2.45, 2.75) is 0 Å². The zero-order chi connectivity index (χ0) is 9.00. The molecule has 0 atom stereocenters. The van der Waals surface area contributed by atoms with Crippen LogP contribution in [0.3, 0.4) is 0 Å². The van der Waals surface area contributed by atoms with Gasteiger partial charge in [-0.3, -0.25) is 4.55 Å². The third-order valence-corrected chi connectivity index (χ3v) is 0. The molecule has 0 saturated carbocycles. The molecular formula is CH5BF4O3S. The summed E-state index contributed by atoms with van der Waals surface area (Å²) in [6.07, 6.45) is 0.715. The van der Waals surface area contributed by atoms with E-state index in [2.05, 4.69) is 0 Å². The molecule has 0 aromatic rings. The Hall–Kier alpha value is -0.305. The quantitative estimate of drug-likeness (QED) is 0.345. The SMILES string of the molecule is CS(=O)(=O)O.F[B-](F)(F)F.[H+]. The van der Waals surface area contributed by atoms with Crippen LogP contribution in [0.15, 0.2) is 0 Å². The molecule has 0 fully saturated rings. The van der Waals surface area contributed by atoms with Crippen LogP contribution in [0.1, 0.15) is 1.43 Å². The Kier molecular flexibility index (Phi) is 4.66. The summed E-state index contributed by atoms with van der Waals surface area (Å²) in [6.45, 7) is 0. The first-order valence-electron chi connectivity index (χ1n) is 1.80. The van der Waals surface area contributed by atoms with Crippen LogP contribution in [-0.4, -0.2) is 26.5 Å². The third kappa shape index (κ3) is 3710. The van der Waals surface area contributed by atoms with E-state index >= 15 is 0 Å². The van der Waals surface area contributed by atoms with Gasteiger partial charge in [-0.15, -0.1) is 0 Å². The third-order valence-electron chi connectivity index (χ3n) is 0. The van der Waals surface area contributed by atoms with Gasteiger partial charge in [0, 0.05) is 0 Å². The predicted octanol–water partition coefficient (Wildman–Crippen LogP) is 0.917. The summed E-state index contributed by atoms with van der Waals surface area (Å²) in [7, 11) is -9.67. The molecule has 0 saturated heterocycles. The molecule has 0 aromatic heterocycles. The second-order valence-electron chi connectivity index (χ2n) is 1.23. The predicted molar refractivity (Wildman–Crippen MR) is 28.8 cm³/mol. The molecule has 0 heterocycles. The van der Waals surface area contributed by atoms with Crippen LogP contribution >= 0.6 is 0 Å². The van der Waals surface area contributed by atoms with Crippen molar-refractivity contribution < 1.29 is 31.7 Å². The number of rotatable bonds is 0. The van der Waals surface area contributed by atoms with Gasteiger partial charge in [-0.1, -0.05) is 0 Å². The van der Waals surface area contributed by atoms with Gasteiger partial charge in [0.1, 0.15) is 0 Å². The Morgan fingerprint density at radius 2 is 1.30 bits per heavy atom. The van der Waals surface area contributed by atoms with Gasteiger partial charge in [0.05, 0.1) is 6.26 Å². The van der Waals surface area contributed by atoms with Crippen molar-refractivity contribution >= 4 is 17.4 Å². The van der Waals surface area contributed by atoms with Crippen molar-refractivity contribution in [3.8, 4) is 0 Å². The van der Waals surface area contributed by atoms with E-state index in [0.717, 1.165) is 0 Å². The lowest BCUT2D eigenvalue weighted by Gasteiger charge is -1.94. The molecule has 0 amide bonds. The summed E-state index contributed by atoms with van der Waals surface area (Å²) in [5.41, 5.74) is 0. The topological polar surface area (TPSA) is 54.4 Å². The van der Waals surface area contributed by atoms with Crippen molar-refractivity contribution in [2.75, 3.05) is 6.26 Å². The van der Waals surface area contributed by atoms with E-state index in [1.165, 1.54) is 0 Å². The molecular weight excluding hydrogens is 179 g/mol. The van der Waals surface area contributed by atoms with Gasteiger partial charge < -0.3 is 17.3 Å². The molecule has 0 radical (unpaired) electrons. The second-order valence-corrected chi connectivity index (χ2v) is 2.69. The van der Waals surface area contributed by atoms with Crippen LogP contribution in [0.5, 0.6) is 0 Å². The van der Waals surface area contributed by atoms with Crippen molar-refractivity contribution in [1.29, 1.82) is 0 Å². The first kappa shape index (κ1) is 12.4. The van der Waals surface area contributed by atoms with E-state index in [9.17, 15) is 25.7 Å². The minimum atomic E-state index is -6.00. The zero-order valence-electron chi connectivity index (χ0n) is 5.76. The minimum absolute atomic E-state index is 0. The van der Waals surface area contributed by atoms with Crippen LogP contribution in [-0.2, 0) is 10.1 Å². The molecule has 0 aliphatic rings. The lowest BCUT2D eigenvalue weighted by atomic mass is 10.3. The summed E-state index contributed by atoms with van der Waals surface area (Å²) in [6, 6.07) is 0.